The minimum atomic E-state index is -0.620. The lowest BCUT2D eigenvalue weighted by Gasteiger charge is -2.12. The predicted octanol–water partition coefficient (Wildman–Crippen LogP) is 6.38. The van der Waals surface area contributed by atoms with Gasteiger partial charge < -0.3 is 0 Å². The van der Waals surface area contributed by atoms with Crippen molar-refractivity contribution in [2.75, 3.05) is 0 Å². The highest BCUT2D eigenvalue weighted by Crippen LogP contribution is 2.32. The van der Waals surface area contributed by atoms with Crippen molar-refractivity contribution in [1.29, 1.82) is 0 Å². The number of pyridine rings is 1. The van der Waals surface area contributed by atoms with Crippen LogP contribution in [0.15, 0.2) is 73.2 Å². The highest BCUT2D eigenvalue weighted by Gasteiger charge is 2.16. The lowest BCUT2D eigenvalue weighted by Crippen LogP contribution is -2.01. The van der Waals surface area contributed by atoms with Crippen molar-refractivity contribution in [3.05, 3.63) is 88.8 Å². The minimum Gasteiger partial charge on any atom is -0.264 e. The van der Waals surface area contributed by atoms with E-state index in [4.69, 9.17) is 23.2 Å². The smallest absolute Gasteiger partial charge is 0.118 e. The van der Waals surface area contributed by atoms with Gasteiger partial charge in [0.1, 0.15) is 6.67 Å². The molecule has 0 fully saturated rings. The van der Waals surface area contributed by atoms with Gasteiger partial charge in [-0.15, -0.1) is 0 Å². The number of nitrogens with zero attached hydrogens (tertiary/aromatic N) is 3. The molecule has 4 aromatic rings. The van der Waals surface area contributed by atoms with Gasteiger partial charge in [0.25, 0.3) is 0 Å². The molecule has 2 aromatic heterocycles. The van der Waals surface area contributed by atoms with Crippen LogP contribution in [0, 0.1) is 0 Å². The molecule has 0 saturated heterocycles. The first-order valence-corrected chi connectivity index (χ1v) is 9.02. The van der Waals surface area contributed by atoms with Crippen LogP contribution in [0.2, 0.25) is 10.0 Å². The van der Waals surface area contributed by atoms with E-state index in [1.807, 2.05) is 36.4 Å². The largest absolute Gasteiger partial charge is 0.264 e. The average Bonchev–Trinajstić information content (AvgIpc) is 3.12. The second-order valence-electron chi connectivity index (χ2n) is 5.98. The third-order valence-electron chi connectivity index (χ3n) is 4.28. The van der Waals surface area contributed by atoms with Gasteiger partial charge in [-0.25, -0.2) is 9.07 Å². The van der Waals surface area contributed by atoms with Crippen molar-refractivity contribution < 1.29 is 4.39 Å². The van der Waals surface area contributed by atoms with E-state index in [1.165, 1.54) is 6.20 Å². The van der Waals surface area contributed by atoms with Gasteiger partial charge in [-0.1, -0.05) is 53.5 Å². The van der Waals surface area contributed by atoms with Crippen LogP contribution in [0.3, 0.4) is 0 Å². The van der Waals surface area contributed by atoms with Crippen LogP contribution in [0.25, 0.3) is 28.1 Å². The Morgan fingerprint density at radius 3 is 2.33 bits per heavy atom. The maximum Gasteiger partial charge on any atom is 0.118 e. The summed E-state index contributed by atoms with van der Waals surface area (Å²) in [4.78, 5) is 4.14. The van der Waals surface area contributed by atoms with Crippen LogP contribution in [-0.4, -0.2) is 14.8 Å². The second kappa shape index (κ2) is 7.51. The topological polar surface area (TPSA) is 30.7 Å². The van der Waals surface area contributed by atoms with E-state index in [2.05, 4.69) is 10.1 Å². The third kappa shape index (κ3) is 3.46. The van der Waals surface area contributed by atoms with Gasteiger partial charge in [-0.2, -0.15) is 5.10 Å². The normalized spacial score (nSPS) is 10.9. The van der Waals surface area contributed by atoms with E-state index in [1.54, 1.807) is 35.3 Å². The number of hydrogen-bond acceptors (Lipinski definition) is 2. The molecule has 0 bridgehead atoms. The van der Waals surface area contributed by atoms with Crippen LogP contribution in [0.5, 0.6) is 0 Å². The Morgan fingerprint density at radius 1 is 0.889 bits per heavy atom. The van der Waals surface area contributed by atoms with Crippen LogP contribution in [0.4, 0.5) is 4.39 Å². The molecular formula is C21H14Cl2FN3. The molecule has 0 amide bonds. The summed E-state index contributed by atoms with van der Waals surface area (Å²) < 4.78 is 15.2. The molecule has 6 heteroatoms. The zero-order valence-electron chi connectivity index (χ0n) is 14.1. The fraction of sp³-hybridized carbons (Fsp3) is 0.0476. The first-order valence-electron chi connectivity index (χ1n) is 8.26. The molecule has 0 radical (unpaired) electrons. The number of rotatable bonds is 4. The lowest BCUT2D eigenvalue weighted by molar-refractivity contribution is 0.486. The molecule has 2 aromatic carbocycles. The number of halogens is 3. The number of hydrogen-bond donors (Lipinski definition) is 0. The molecular weight excluding hydrogens is 384 g/mol. The van der Waals surface area contributed by atoms with Gasteiger partial charge in [0.2, 0.25) is 0 Å². The summed E-state index contributed by atoms with van der Waals surface area (Å²) in [5, 5.41) is 5.32. The zero-order chi connectivity index (χ0) is 18.8. The van der Waals surface area contributed by atoms with Crippen molar-refractivity contribution in [2.45, 2.75) is 6.67 Å². The van der Waals surface area contributed by atoms with Gasteiger partial charge in [-0.3, -0.25) is 4.98 Å². The summed E-state index contributed by atoms with van der Waals surface area (Å²) in [7, 11) is 0. The maximum absolute atomic E-state index is 13.6. The van der Waals surface area contributed by atoms with E-state index in [0.717, 1.165) is 16.7 Å². The van der Waals surface area contributed by atoms with Gasteiger partial charge in [0.05, 0.1) is 22.6 Å². The highest BCUT2D eigenvalue weighted by molar-refractivity contribution is 6.35. The molecule has 0 atom stereocenters. The van der Waals surface area contributed by atoms with Crippen LogP contribution < -0.4 is 0 Å². The Bertz CT molecular complexity index is 1080. The number of benzene rings is 2. The van der Waals surface area contributed by atoms with Crippen molar-refractivity contribution in [3.8, 4) is 28.1 Å². The molecule has 0 aliphatic heterocycles. The standard InChI is InChI=1S/C21H14Cl2FN3/c22-18-7-8-20(19(23)10-18)27-21(17(11-24)13-26-27)15-5-3-14(4-6-15)16-2-1-9-25-12-16/h1-10,12-13H,11H2. The molecule has 0 N–H and O–H groups in total. The van der Waals surface area contributed by atoms with Gasteiger partial charge in [0.15, 0.2) is 0 Å². The molecule has 0 unspecified atom stereocenters. The van der Waals surface area contributed by atoms with Crippen molar-refractivity contribution in [2.24, 2.45) is 0 Å². The van der Waals surface area contributed by atoms with E-state index in [0.29, 0.717) is 27.0 Å². The summed E-state index contributed by atoms with van der Waals surface area (Å²) in [6, 6.07) is 16.9. The fourth-order valence-corrected chi connectivity index (χ4v) is 3.47. The fourth-order valence-electron chi connectivity index (χ4n) is 2.98. The minimum absolute atomic E-state index is 0.448. The molecule has 134 valence electrons. The predicted molar refractivity (Wildman–Crippen MR) is 107 cm³/mol. The van der Waals surface area contributed by atoms with E-state index >= 15 is 0 Å². The summed E-state index contributed by atoms with van der Waals surface area (Å²) >= 11 is 12.3. The van der Waals surface area contributed by atoms with Crippen molar-refractivity contribution in [1.82, 2.24) is 14.8 Å². The van der Waals surface area contributed by atoms with Gasteiger partial charge in [-0.05, 0) is 35.4 Å². The average molecular weight is 398 g/mol. The summed E-state index contributed by atoms with van der Waals surface area (Å²) in [6.07, 6.45) is 5.06. The van der Waals surface area contributed by atoms with Gasteiger partial charge in [0, 0.05) is 28.5 Å². The Labute approximate surface area is 166 Å². The summed E-state index contributed by atoms with van der Waals surface area (Å²) in [5.41, 5.74) is 4.70. The molecule has 4 rings (SSSR count). The molecule has 27 heavy (non-hydrogen) atoms. The first kappa shape index (κ1) is 17.7. The van der Waals surface area contributed by atoms with Crippen LogP contribution in [-0.2, 0) is 6.67 Å². The van der Waals surface area contributed by atoms with Crippen LogP contribution in [0.1, 0.15) is 5.56 Å². The molecule has 3 nitrogen and oxygen atoms in total. The lowest BCUT2D eigenvalue weighted by atomic mass is 10.0. The maximum atomic E-state index is 13.6. The number of aromatic nitrogens is 3. The quantitative estimate of drug-likeness (QED) is 0.400. The summed E-state index contributed by atoms with van der Waals surface area (Å²) in [6.45, 7) is -0.620. The zero-order valence-corrected chi connectivity index (χ0v) is 15.6. The first-order chi connectivity index (χ1) is 13.2. The van der Waals surface area contributed by atoms with Crippen molar-refractivity contribution >= 4 is 23.2 Å². The Morgan fingerprint density at radius 2 is 1.67 bits per heavy atom. The molecule has 0 saturated carbocycles. The SMILES string of the molecule is FCc1cnn(-c2ccc(Cl)cc2Cl)c1-c1ccc(-c2cccnc2)cc1. The molecule has 0 aliphatic carbocycles. The third-order valence-corrected chi connectivity index (χ3v) is 4.82. The number of alkyl halides is 1. The Balaban J connectivity index is 1.81. The van der Waals surface area contributed by atoms with Crippen molar-refractivity contribution in [3.63, 3.8) is 0 Å². The Kier molecular flexibility index (Phi) is 4.92. The van der Waals surface area contributed by atoms with E-state index in [-0.39, 0.29) is 0 Å². The second-order valence-corrected chi connectivity index (χ2v) is 6.82. The molecule has 0 aliphatic rings. The monoisotopic (exact) mass is 397 g/mol. The van der Waals surface area contributed by atoms with Gasteiger partial charge >= 0.3 is 0 Å². The Hall–Kier alpha value is -2.69. The highest BCUT2D eigenvalue weighted by atomic mass is 35.5. The van der Waals surface area contributed by atoms with E-state index < -0.39 is 6.67 Å². The molecule has 0 spiro atoms. The van der Waals surface area contributed by atoms with E-state index in [9.17, 15) is 4.39 Å². The summed E-state index contributed by atoms with van der Waals surface area (Å²) in [5.74, 6) is 0. The van der Waals surface area contributed by atoms with Crippen LogP contribution >= 0.6 is 23.2 Å². The molecule has 2 heterocycles.